The highest BCUT2D eigenvalue weighted by molar-refractivity contribution is 7.89. The molecule has 0 radical (unpaired) electrons. The molecule has 26 heavy (non-hydrogen) atoms. The van der Waals surface area contributed by atoms with Crippen LogP contribution in [-0.4, -0.2) is 46.2 Å². The lowest BCUT2D eigenvalue weighted by atomic mass is 10.2. The molecular formula is C16H24ClN3O5S. The molecule has 10 heteroatoms. The van der Waals surface area contributed by atoms with Crippen molar-refractivity contribution in [3.63, 3.8) is 0 Å². The monoisotopic (exact) mass is 405 g/mol. The second-order valence-electron chi connectivity index (χ2n) is 6.31. The highest BCUT2D eigenvalue weighted by atomic mass is 35.5. The molecule has 1 heterocycles. The maximum atomic E-state index is 12.4. The van der Waals surface area contributed by atoms with Gasteiger partial charge in [0.25, 0.3) is 5.91 Å². The van der Waals surface area contributed by atoms with E-state index < -0.39 is 16.1 Å². The first-order valence-corrected chi connectivity index (χ1v) is 9.78. The number of nitrogens with two attached hydrogens (primary N) is 1. The maximum absolute atomic E-state index is 12.4. The zero-order valence-corrected chi connectivity index (χ0v) is 16.1. The van der Waals surface area contributed by atoms with E-state index in [9.17, 15) is 13.2 Å². The number of carbonyl (C=O) groups excluding carboxylic acids is 1. The molecule has 4 N–H and O–H groups in total. The Hall–Kier alpha value is -1.39. The quantitative estimate of drug-likeness (QED) is 0.622. The van der Waals surface area contributed by atoms with E-state index in [1.807, 2.05) is 0 Å². The maximum Gasteiger partial charge on any atom is 0.253 e. The molecule has 1 aliphatic carbocycles. The van der Waals surface area contributed by atoms with E-state index in [2.05, 4.69) is 10.0 Å². The average Bonchev–Trinajstić information content (AvgIpc) is 3.25. The van der Waals surface area contributed by atoms with Gasteiger partial charge >= 0.3 is 0 Å². The summed E-state index contributed by atoms with van der Waals surface area (Å²) in [6, 6.07) is 4.38. The summed E-state index contributed by atoms with van der Waals surface area (Å²) in [5.41, 5.74) is 5.85. The molecule has 1 saturated carbocycles. The molecule has 2 atom stereocenters. The molecule has 2 aliphatic rings. The second kappa shape index (κ2) is 8.53. The zero-order valence-electron chi connectivity index (χ0n) is 14.4. The van der Waals surface area contributed by atoms with E-state index in [-0.39, 0.29) is 35.4 Å². The summed E-state index contributed by atoms with van der Waals surface area (Å²) < 4.78 is 38.1. The summed E-state index contributed by atoms with van der Waals surface area (Å²) in [4.78, 5) is 12.5. The number of nitrogens with one attached hydrogen (secondary N) is 2. The average molecular weight is 406 g/mol. The van der Waals surface area contributed by atoms with Gasteiger partial charge < -0.3 is 20.5 Å². The summed E-state index contributed by atoms with van der Waals surface area (Å²) >= 11 is 0. The normalized spacial score (nSPS) is 22.5. The topological polar surface area (TPSA) is 120 Å². The van der Waals surface area contributed by atoms with Gasteiger partial charge in [-0.25, -0.2) is 13.1 Å². The first kappa shape index (κ1) is 20.9. The number of methoxy groups -OCH3 is 1. The van der Waals surface area contributed by atoms with Gasteiger partial charge in [-0.1, -0.05) is 0 Å². The van der Waals surface area contributed by atoms with Crippen LogP contribution in [0.25, 0.3) is 0 Å². The fourth-order valence-electron chi connectivity index (χ4n) is 2.73. The van der Waals surface area contributed by atoms with Gasteiger partial charge in [-0.05, 0) is 43.9 Å². The molecule has 0 spiro atoms. The molecule has 3 rings (SSSR count). The zero-order chi connectivity index (χ0) is 18.0. The Labute approximate surface area is 159 Å². The van der Waals surface area contributed by atoms with Crippen molar-refractivity contribution in [1.82, 2.24) is 4.72 Å². The molecule has 8 nitrogen and oxygen atoms in total. The van der Waals surface area contributed by atoms with E-state index in [4.69, 9.17) is 15.2 Å². The lowest BCUT2D eigenvalue weighted by molar-refractivity contribution is -0.126. The summed E-state index contributed by atoms with van der Waals surface area (Å²) in [7, 11) is -2.16. The van der Waals surface area contributed by atoms with Crippen molar-refractivity contribution in [3.8, 4) is 5.75 Å². The fourth-order valence-corrected chi connectivity index (χ4v) is 4.06. The van der Waals surface area contributed by atoms with Gasteiger partial charge in [-0.2, -0.15) is 0 Å². The fraction of sp³-hybridized carbons (Fsp3) is 0.562. The van der Waals surface area contributed by atoms with E-state index >= 15 is 0 Å². The van der Waals surface area contributed by atoms with Gasteiger partial charge in [-0.3, -0.25) is 4.79 Å². The van der Waals surface area contributed by atoms with Crippen LogP contribution in [0.2, 0.25) is 0 Å². The van der Waals surface area contributed by atoms with Crippen LogP contribution in [0.15, 0.2) is 23.1 Å². The number of halogens is 1. The molecule has 1 aliphatic heterocycles. The highest BCUT2D eigenvalue weighted by Crippen LogP contribution is 2.30. The third-order valence-corrected chi connectivity index (χ3v) is 5.82. The van der Waals surface area contributed by atoms with E-state index in [1.54, 1.807) is 0 Å². The Morgan fingerprint density at radius 1 is 1.31 bits per heavy atom. The third kappa shape index (κ3) is 4.86. The number of hydrogen-bond acceptors (Lipinski definition) is 6. The number of benzene rings is 1. The summed E-state index contributed by atoms with van der Waals surface area (Å²) in [6.07, 6.45) is 2.29. The van der Waals surface area contributed by atoms with Crippen molar-refractivity contribution >= 4 is 34.0 Å². The number of amides is 1. The van der Waals surface area contributed by atoms with Crippen molar-refractivity contribution in [2.75, 3.05) is 19.0 Å². The van der Waals surface area contributed by atoms with E-state index in [1.165, 1.54) is 25.3 Å². The minimum absolute atomic E-state index is 0. The van der Waals surface area contributed by atoms with Gasteiger partial charge in [0.05, 0.1) is 23.8 Å². The van der Waals surface area contributed by atoms with Crippen molar-refractivity contribution in [2.45, 2.75) is 48.8 Å². The van der Waals surface area contributed by atoms with E-state index in [0.717, 1.165) is 19.3 Å². The van der Waals surface area contributed by atoms with Crippen LogP contribution in [0.1, 0.15) is 25.7 Å². The Bertz CT molecular complexity index is 754. The second-order valence-corrected chi connectivity index (χ2v) is 8.02. The first-order valence-electron chi connectivity index (χ1n) is 8.29. The van der Waals surface area contributed by atoms with Crippen LogP contribution in [0.5, 0.6) is 5.75 Å². The van der Waals surface area contributed by atoms with Crippen LogP contribution in [0, 0.1) is 0 Å². The number of carbonyl (C=O) groups is 1. The lowest BCUT2D eigenvalue weighted by Crippen LogP contribution is -2.30. The molecule has 1 saturated heterocycles. The largest absolute Gasteiger partial charge is 0.495 e. The number of sulfonamides is 1. The van der Waals surface area contributed by atoms with Crippen LogP contribution in [0.3, 0.4) is 0 Å². The molecule has 0 bridgehead atoms. The van der Waals surface area contributed by atoms with E-state index in [0.29, 0.717) is 24.4 Å². The molecule has 0 unspecified atom stereocenters. The molecule has 146 valence electrons. The highest BCUT2D eigenvalue weighted by Gasteiger charge is 2.31. The van der Waals surface area contributed by atoms with Gasteiger partial charge in [0.2, 0.25) is 10.0 Å². The van der Waals surface area contributed by atoms with Crippen LogP contribution in [0.4, 0.5) is 5.69 Å². The Kier molecular flexibility index (Phi) is 6.86. The summed E-state index contributed by atoms with van der Waals surface area (Å²) in [5, 5.41) is 2.71. The molecule has 1 amide bonds. The van der Waals surface area contributed by atoms with Gasteiger partial charge in [0.1, 0.15) is 11.9 Å². The Morgan fingerprint density at radius 2 is 2.04 bits per heavy atom. The van der Waals surface area contributed by atoms with Crippen molar-refractivity contribution < 1.29 is 22.7 Å². The molecular weight excluding hydrogens is 382 g/mol. The predicted octanol–water partition coefficient (Wildman–Crippen LogP) is 1.00. The standard InChI is InChI=1S/C16H23N3O5S.ClH/c1-23-14-7-5-12(25(21,22)19-10-2-3-10)8-13(14)18-16(20)15-6-4-11(9-17)24-15;/h5,7-8,10-11,15,19H,2-4,6,9,17H2,1H3,(H,18,20);1H/t11-,15+;/m1./s1. The lowest BCUT2D eigenvalue weighted by Gasteiger charge is -2.16. The van der Waals surface area contributed by atoms with Crippen LogP contribution in [-0.2, 0) is 19.6 Å². The first-order chi connectivity index (χ1) is 11.9. The molecule has 0 aromatic heterocycles. The molecule has 1 aromatic carbocycles. The Morgan fingerprint density at radius 3 is 2.62 bits per heavy atom. The predicted molar refractivity (Wildman–Crippen MR) is 99.2 cm³/mol. The minimum Gasteiger partial charge on any atom is -0.495 e. The van der Waals surface area contributed by atoms with Crippen LogP contribution < -0.4 is 20.5 Å². The van der Waals surface area contributed by atoms with Gasteiger partial charge in [0.15, 0.2) is 0 Å². The number of ether oxygens (including phenoxy) is 2. The number of anilines is 1. The number of rotatable bonds is 7. The number of hydrogen-bond donors (Lipinski definition) is 3. The van der Waals surface area contributed by atoms with Crippen molar-refractivity contribution in [3.05, 3.63) is 18.2 Å². The smallest absolute Gasteiger partial charge is 0.253 e. The molecule has 1 aromatic rings. The summed E-state index contributed by atoms with van der Waals surface area (Å²) in [5.74, 6) is 0.0473. The summed E-state index contributed by atoms with van der Waals surface area (Å²) in [6.45, 7) is 0.369. The third-order valence-electron chi connectivity index (χ3n) is 4.30. The van der Waals surface area contributed by atoms with Gasteiger partial charge in [-0.15, -0.1) is 12.4 Å². The molecule has 2 fully saturated rings. The van der Waals surface area contributed by atoms with Gasteiger partial charge in [0, 0.05) is 12.6 Å². The SMILES string of the molecule is COc1ccc(S(=O)(=O)NC2CC2)cc1NC(=O)[C@@H]1CC[C@H](CN)O1.Cl. The minimum atomic E-state index is -3.62. The van der Waals surface area contributed by atoms with Crippen molar-refractivity contribution in [1.29, 1.82) is 0 Å². The van der Waals surface area contributed by atoms with Crippen molar-refractivity contribution in [2.24, 2.45) is 5.73 Å². The van der Waals surface area contributed by atoms with Crippen LogP contribution >= 0.6 is 12.4 Å². The Balaban J connectivity index is 0.00000243.